The Morgan fingerprint density at radius 2 is 1.95 bits per heavy atom. The minimum atomic E-state index is -3.78. The summed E-state index contributed by atoms with van der Waals surface area (Å²) in [5.74, 6) is 0.529. The fourth-order valence-corrected chi connectivity index (χ4v) is 4.36. The van der Waals surface area contributed by atoms with Crippen LogP contribution in [-0.4, -0.2) is 14.0 Å². The van der Waals surface area contributed by atoms with Gasteiger partial charge in [-0.25, -0.2) is 8.42 Å². The van der Waals surface area contributed by atoms with Crippen molar-refractivity contribution in [3.63, 3.8) is 0 Å². The number of nitrogens with one attached hydrogen (secondary N) is 1. The summed E-state index contributed by atoms with van der Waals surface area (Å²) in [6.07, 6.45) is 2.76. The number of nitrogens with zero attached hydrogens (tertiary/aromatic N) is 1. The predicted molar refractivity (Wildman–Crippen MR) is 77.7 cm³/mol. The number of nitriles is 1. The molecule has 0 unspecified atom stereocenters. The standard InChI is InChI=1S/C14H17ClN2O2S/c1-11-6-8-14(10-16,9-7-11)17-20(18,19)13-5-3-2-4-12(13)15/h2-5,11,17H,6-9H2,1H3. The van der Waals surface area contributed by atoms with E-state index in [0.29, 0.717) is 18.8 Å². The number of rotatable bonds is 3. The zero-order valence-corrected chi connectivity index (χ0v) is 12.8. The highest BCUT2D eigenvalue weighted by Gasteiger charge is 2.38. The lowest BCUT2D eigenvalue weighted by Gasteiger charge is -2.34. The van der Waals surface area contributed by atoms with Crippen molar-refractivity contribution in [3.05, 3.63) is 29.3 Å². The van der Waals surface area contributed by atoms with Crippen LogP contribution in [0.25, 0.3) is 0 Å². The van der Waals surface area contributed by atoms with Crippen LogP contribution in [-0.2, 0) is 10.0 Å². The van der Waals surface area contributed by atoms with E-state index in [9.17, 15) is 13.7 Å². The molecule has 2 rings (SSSR count). The molecule has 1 saturated carbocycles. The molecule has 0 bridgehead atoms. The summed E-state index contributed by atoms with van der Waals surface area (Å²) in [6.45, 7) is 2.11. The molecule has 4 nitrogen and oxygen atoms in total. The third-order valence-corrected chi connectivity index (χ3v) is 5.83. The van der Waals surface area contributed by atoms with Gasteiger partial charge in [0.25, 0.3) is 0 Å². The molecular weight excluding hydrogens is 296 g/mol. The van der Waals surface area contributed by atoms with Gasteiger partial charge < -0.3 is 0 Å². The van der Waals surface area contributed by atoms with Gasteiger partial charge in [0.1, 0.15) is 10.4 Å². The van der Waals surface area contributed by atoms with E-state index in [0.717, 1.165) is 12.8 Å². The Balaban J connectivity index is 2.28. The average Bonchev–Trinajstić information content (AvgIpc) is 2.42. The molecular formula is C14H17ClN2O2S. The van der Waals surface area contributed by atoms with Crippen LogP contribution in [0.5, 0.6) is 0 Å². The molecule has 0 radical (unpaired) electrons. The Hall–Kier alpha value is -1.09. The SMILES string of the molecule is CC1CCC(C#N)(NS(=O)(=O)c2ccccc2Cl)CC1. The molecule has 0 aliphatic heterocycles. The Morgan fingerprint density at radius 3 is 2.50 bits per heavy atom. The second-order valence-corrected chi connectivity index (χ2v) is 7.47. The molecule has 0 saturated heterocycles. The van der Waals surface area contributed by atoms with E-state index in [1.165, 1.54) is 12.1 Å². The minimum Gasteiger partial charge on any atom is -0.207 e. The van der Waals surface area contributed by atoms with Crippen LogP contribution in [0.4, 0.5) is 0 Å². The predicted octanol–water partition coefficient (Wildman–Crippen LogP) is 3.09. The van der Waals surface area contributed by atoms with Crippen LogP contribution < -0.4 is 4.72 Å². The van der Waals surface area contributed by atoms with Gasteiger partial charge in [-0.05, 0) is 43.7 Å². The molecule has 0 aromatic heterocycles. The molecule has 1 aromatic rings. The number of halogens is 1. The van der Waals surface area contributed by atoms with Crippen molar-refractivity contribution in [1.82, 2.24) is 4.72 Å². The van der Waals surface area contributed by atoms with Crippen molar-refractivity contribution >= 4 is 21.6 Å². The molecule has 1 aromatic carbocycles. The first kappa shape index (κ1) is 15.3. The maximum atomic E-state index is 12.4. The summed E-state index contributed by atoms with van der Waals surface area (Å²) >= 11 is 5.94. The zero-order chi connectivity index (χ0) is 14.8. The van der Waals surface area contributed by atoms with Gasteiger partial charge in [0.05, 0.1) is 11.1 Å². The molecule has 20 heavy (non-hydrogen) atoms. The summed E-state index contributed by atoms with van der Waals surface area (Å²) in [4.78, 5) is 0.0231. The quantitative estimate of drug-likeness (QED) is 0.932. The minimum absolute atomic E-state index is 0.0231. The highest BCUT2D eigenvalue weighted by molar-refractivity contribution is 7.89. The second-order valence-electron chi connectivity index (χ2n) is 5.41. The Morgan fingerprint density at radius 1 is 1.35 bits per heavy atom. The first-order chi connectivity index (χ1) is 9.38. The lowest BCUT2D eigenvalue weighted by Crippen LogP contribution is -2.49. The maximum absolute atomic E-state index is 12.4. The Kier molecular flexibility index (Phi) is 4.38. The van der Waals surface area contributed by atoms with E-state index in [2.05, 4.69) is 17.7 Å². The topological polar surface area (TPSA) is 70.0 Å². The molecule has 1 fully saturated rings. The van der Waals surface area contributed by atoms with E-state index in [1.807, 2.05) is 0 Å². The molecule has 1 N–H and O–H groups in total. The molecule has 0 heterocycles. The van der Waals surface area contributed by atoms with Crippen LogP contribution >= 0.6 is 11.6 Å². The normalized spacial score (nSPS) is 26.9. The lowest BCUT2D eigenvalue weighted by molar-refractivity contribution is 0.278. The van der Waals surface area contributed by atoms with Gasteiger partial charge in [0.2, 0.25) is 10.0 Å². The van der Waals surface area contributed by atoms with Crippen LogP contribution in [0, 0.1) is 17.2 Å². The number of benzene rings is 1. The number of hydrogen-bond donors (Lipinski definition) is 1. The molecule has 0 atom stereocenters. The first-order valence-corrected chi connectivity index (χ1v) is 8.44. The van der Waals surface area contributed by atoms with E-state index < -0.39 is 15.6 Å². The van der Waals surface area contributed by atoms with Gasteiger partial charge in [-0.3, -0.25) is 0 Å². The monoisotopic (exact) mass is 312 g/mol. The van der Waals surface area contributed by atoms with E-state index in [-0.39, 0.29) is 9.92 Å². The van der Waals surface area contributed by atoms with Crippen molar-refractivity contribution in [2.75, 3.05) is 0 Å². The van der Waals surface area contributed by atoms with Gasteiger partial charge in [0.15, 0.2) is 0 Å². The third kappa shape index (κ3) is 3.14. The van der Waals surface area contributed by atoms with Crippen LogP contribution in [0.15, 0.2) is 29.2 Å². The molecule has 6 heteroatoms. The smallest absolute Gasteiger partial charge is 0.207 e. The first-order valence-electron chi connectivity index (χ1n) is 6.58. The molecule has 108 valence electrons. The fraction of sp³-hybridized carbons (Fsp3) is 0.500. The van der Waals surface area contributed by atoms with Crippen LogP contribution in [0.3, 0.4) is 0 Å². The van der Waals surface area contributed by atoms with Gasteiger partial charge in [-0.2, -0.15) is 9.98 Å². The number of hydrogen-bond acceptors (Lipinski definition) is 3. The van der Waals surface area contributed by atoms with Crippen molar-refractivity contribution < 1.29 is 8.42 Å². The van der Waals surface area contributed by atoms with Gasteiger partial charge in [-0.1, -0.05) is 30.7 Å². The summed E-state index contributed by atoms with van der Waals surface area (Å²) in [5, 5.41) is 9.56. The van der Waals surface area contributed by atoms with Gasteiger partial charge in [0, 0.05) is 0 Å². The van der Waals surface area contributed by atoms with Crippen molar-refractivity contribution in [1.29, 1.82) is 5.26 Å². The molecule has 0 amide bonds. The Labute approximate surface area is 124 Å². The summed E-state index contributed by atoms with van der Waals surface area (Å²) in [5.41, 5.74) is -1.01. The second kappa shape index (κ2) is 5.72. The molecule has 0 spiro atoms. The average molecular weight is 313 g/mol. The van der Waals surface area contributed by atoms with E-state index in [1.54, 1.807) is 12.1 Å². The fourth-order valence-electron chi connectivity index (χ4n) is 2.47. The highest BCUT2D eigenvalue weighted by Crippen LogP contribution is 2.33. The Bertz CT molecular complexity index is 629. The summed E-state index contributed by atoms with van der Waals surface area (Å²) < 4.78 is 27.4. The van der Waals surface area contributed by atoms with Gasteiger partial charge in [-0.15, -0.1) is 0 Å². The van der Waals surface area contributed by atoms with Crippen molar-refractivity contribution in [2.45, 2.75) is 43.0 Å². The van der Waals surface area contributed by atoms with Crippen LogP contribution in [0.1, 0.15) is 32.6 Å². The largest absolute Gasteiger partial charge is 0.243 e. The highest BCUT2D eigenvalue weighted by atomic mass is 35.5. The van der Waals surface area contributed by atoms with Crippen LogP contribution in [0.2, 0.25) is 5.02 Å². The molecule has 1 aliphatic carbocycles. The third-order valence-electron chi connectivity index (χ3n) is 3.80. The number of sulfonamides is 1. The molecule has 1 aliphatic rings. The summed E-state index contributed by atoms with van der Waals surface area (Å²) in [7, 11) is -3.78. The van der Waals surface area contributed by atoms with Gasteiger partial charge >= 0.3 is 0 Å². The lowest BCUT2D eigenvalue weighted by atomic mass is 9.79. The van der Waals surface area contributed by atoms with E-state index in [4.69, 9.17) is 11.6 Å². The maximum Gasteiger partial charge on any atom is 0.243 e. The summed E-state index contributed by atoms with van der Waals surface area (Å²) in [6, 6.07) is 8.41. The zero-order valence-electron chi connectivity index (χ0n) is 11.3. The van der Waals surface area contributed by atoms with E-state index >= 15 is 0 Å². The van der Waals surface area contributed by atoms with Crippen molar-refractivity contribution in [3.8, 4) is 6.07 Å². The van der Waals surface area contributed by atoms with Crippen molar-refractivity contribution in [2.24, 2.45) is 5.92 Å².